The first kappa shape index (κ1) is 65.0. The lowest BCUT2D eigenvalue weighted by Crippen LogP contribution is -2.40. The first-order valence-electron chi connectivity index (χ1n) is 26.5. The maximum absolute atomic E-state index is 12.8. The number of alkyl halides is 9. The number of hydrogen-bond acceptors (Lipinski definition) is 19. The van der Waals surface area contributed by atoms with Crippen LogP contribution in [0, 0.1) is 0 Å². The summed E-state index contributed by atoms with van der Waals surface area (Å²) in [6.45, 7) is 11.7. The van der Waals surface area contributed by atoms with E-state index in [1.165, 1.54) is 26.8 Å². The molecule has 7 aromatic rings. The highest BCUT2D eigenvalue weighted by molar-refractivity contribution is 7.10. The second-order valence-corrected chi connectivity index (χ2v) is 23.6. The quantitative estimate of drug-likeness (QED) is 0.0695. The minimum absolute atomic E-state index is 0.00221. The van der Waals surface area contributed by atoms with Crippen molar-refractivity contribution in [1.82, 2.24) is 34.6 Å². The summed E-state index contributed by atoms with van der Waals surface area (Å²) in [7, 11) is 0. The number of aliphatic hydroxyl groups is 3. The third-order valence-corrected chi connectivity index (χ3v) is 14.5. The molecule has 1 aromatic carbocycles. The summed E-state index contributed by atoms with van der Waals surface area (Å²) < 4.78 is 130. The smallest absolute Gasteiger partial charge is 0.391 e. The highest BCUT2D eigenvalue weighted by Gasteiger charge is 2.42. The molecule has 6 atom stereocenters. The van der Waals surface area contributed by atoms with Gasteiger partial charge in [-0.3, -0.25) is 19.7 Å². The number of rotatable bonds is 10. The monoisotopic (exact) mass is 1270 g/mol. The second kappa shape index (κ2) is 25.8. The normalized spacial score (nSPS) is 19.9. The van der Waals surface area contributed by atoms with Crippen LogP contribution in [0.15, 0.2) is 100 Å². The Balaban J connectivity index is 0.000000169. The van der Waals surface area contributed by atoms with E-state index in [4.69, 9.17) is 20.6 Å². The summed E-state index contributed by atoms with van der Waals surface area (Å²) in [4.78, 5) is 58.3. The molecular formula is C55H57ClF9N13O8S. The van der Waals surface area contributed by atoms with Gasteiger partial charge in [-0.25, -0.2) is 15.0 Å². The molecule has 0 aliphatic carbocycles. The van der Waals surface area contributed by atoms with E-state index in [2.05, 4.69) is 50.6 Å². The molecule has 0 radical (unpaired) electrons. The lowest BCUT2D eigenvalue weighted by atomic mass is 9.93. The number of aliphatic hydroxyl groups excluding tert-OH is 3. The van der Waals surface area contributed by atoms with E-state index < -0.39 is 89.4 Å². The minimum atomic E-state index is -4.59. The number of anilines is 6. The number of nitrogens with zero attached hydrogens (tertiary/aromatic N) is 10. The van der Waals surface area contributed by atoms with Crippen LogP contribution in [0.25, 0.3) is 11.4 Å². The van der Waals surface area contributed by atoms with E-state index in [1.807, 2.05) is 71.9 Å². The molecule has 3 amide bonds. The molecule has 6 N–H and O–H groups in total. The molecule has 6 aromatic heterocycles. The van der Waals surface area contributed by atoms with Crippen LogP contribution in [0.4, 0.5) is 73.7 Å². The third kappa shape index (κ3) is 16.3. The number of hydrogen-bond donors (Lipinski definition) is 6. The second-order valence-electron chi connectivity index (χ2n) is 22.4. The van der Waals surface area contributed by atoms with Crippen LogP contribution in [-0.2, 0) is 43.7 Å². The lowest BCUT2D eigenvalue weighted by molar-refractivity contribution is -0.138. The van der Waals surface area contributed by atoms with Crippen molar-refractivity contribution in [2.75, 3.05) is 50.3 Å². The molecule has 32 heteroatoms. The van der Waals surface area contributed by atoms with E-state index in [0.717, 1.165) is 35.3 Å². The lowest BCUT2D eigenvalue weighted by Gasteiger charge is -2.25. The minimum Gasteiger partial charge on any atom is -0.391 e. The van der Waals surface area contributed by atoms with Crippen molar-refractivity contribution >= 4 is 75.1 Å². The van der Waals surface area contributed by atoms with Crippen LogP contribution in [0.3, 0.4) is 0 Å². The van der Waals surface area contributed by atoms with Crippen LogP contribution in [0.1, 0.15) is 89.0 Å². The first-order valence-corrected chi connectivity index (χ1v) is 27.7. The Bertz CT molecular complexity index is 3510. The van der Waals surface area contributed by atoms with Crippen molar-refractivity contribution in [2.45, 2.75) is 127 Å². The summed E-state index contributed by atoms with van der Waals surface area (Å²) >= 11 is 7.02. The van der Waals surface area contributed by atoms with E-state index in [9.17, 15) is 69.2 Å². The molecule has 10 rings (SSSR count). The average molecular weight is 1270 g/mol. The Hall–Kier alpha value is -8.00. The fourth-order valence-corrected chi connectivity index (χ4v) is 10.0. The van der Waals surface area contributed by atoms with Gasteiger partial charge in [-0.2, -0.15) is 48.9 Å². The number of carbonyl (C=O) groups excluding carboxylic acids is 3. The number of aromatic nitrogens is 7. The van der Waals surface area contributed by atoms with Crippen LogP contribution in [-0.4, -0.2) is 124 Å². The molecule has 21 nitrogen and oxygen atoms in total. The zero-order chi connectivity index (χ0) is 63.6. The SMILES string of the molecule is CC(C)(C)c1cc(NC(=O)[C@@H]2C[C@H](O)CN2c2ccc(C(F)(F)F)cn2)no1.CC(C)(C)c1cc(NC(=O)[C@@H]2C[C@H](O)CN2c2ncc(C(F)(F)F)cc2Cl)no1.O=C(Nc1nc(-c2ccccc2)ns1)[C@@H]1C[C@@H](O)CN1c1ccc(C(F)(F)F)cn1. The van der Waals surface area contributed by atoms with Crippen molar-refractivity contribution < 1.29 is 78.3 Å². The van der Waals surface area contributed by atoms with Crippen LogP contribution in [0.2, 0.25) is 5.02 Å². The fraction of sp³-hybridized carbons (Fsp3) is 0.418. The van der Waals surface area contributed by atoms with E-state index in [-0.39, 0.29) is 83.8 Å². The summed E-state index contributed by atoms with van der Waals surface area (Å²) in [6, 6.07) is 14.9. The van der Waals surface area contributed by atoms with Crippen molar-refractivity contribution in [3.8, 4) is 11.4 Å². The van der Waals surface area contributed by atoms with Gasteiger partial charge in [0.15, 0.2) is 17.5 Å². The Kier molecular flexibility index (Phi) is 19.2. The number of halogens is 10. The Morgan fingerprint density at radius 3 is 1.37 bits per heavy atom. The van der Waals surface area contributed by atoms with E-state index in [1.54, 1.807) is 12.1 Å². The Morgan fingerprint density at radius 2 is 0.977 bits per heavy atom. The van der Waals surface area contributed by atoms with Gasteiger partial charge in [0.05, 0.1) is 40.0 Å². The van der Waals surface area contributed by atoms with Gasteiger partial charge in [-0.05, 0) is 30.3 Å². The van der Waals surface area contributed by atoms with Crippen molar-refractivity contribution in [2.24, 2.45) is 0 Å². The van der Waals surface area contributed by atoms with Crippen molar-refractivity contribution in [3.63, 3.8) is 0 Å². The van der Waals surface area contributed by atoms with Crippen LogP contribution < -0.4 is 30.7 Å². The highest BCUT2D eigenvalue weighted by Crippen LogP contribution is 2.38. The molecule has 0 unspecified atom stereocenters. The molecule has 0 bridgehead atoms. The van der Waals surface area contributed by atoms with Crippen LogP contribution >= 0.6 is 23.1 Å². The first-order chi connectivity index (χ1) is 40.6. The molecule has 9 heterocycles. The standard InChI is InChI=1S/C19H16F3N5O2S.C18H20ClF3N4O3.C18H21F3N4O3/c20-19(21,22)12-6-7-15(23-9-12)27-10-13(28)8-14(27)17(29)25-18-24-16(26-30-18)11-4-2-1-3-5-11;1-17(2,3)13-6-14(25-29-13)24-16(28)12-5-10(27)8-26(12)15-11(19)4-9(7-23-15)18(20,21)22;1-17(2,3)13-7-14(24-28-13)23-16(27)12-6-11(26)9-25(12)15-5-4-10(8-22-15)18(19,20)21/h1-7,9,13-14,28H,8,10H2,(H,24,25,26,29);4,6-7,10,12,27H,5,8H2,1-3H3,(H,24,25,28);4-5,7-8,11-12,26H,6,9H2,1-3H3,(H,23,24,27)/t13-,14+;10-,12-;11-,12-/m100/s1. The van der Waals surface area contributed by atoms with E-state index in [0.29, 0.717) is 41.1 Å². The zero-order valence-corrected chi connectivity index (χ0v) is 48.5. The molecule has 3 aliphatic heterocycles. The topological polar surface area (TPSA) is 274 Å². The van der Waals surface area contributed by atoms with Gasteiger partial charge < -0.3 is 49.7 Å². The van der Waals surface area contributed by atoms with Gasteiger partial charge in [-0.1, -0.05) is 93.8 Å². The fourth-order valence-electron chi connectivity index (χ4n) is 9.13. The predicted octanol–water partition coefficient (Wildman–Crippen LogP) is 9.78. The third-order valence-electron chi connectivity index (χ3n) is 13.6. The highest BCUT2D eigenvalue weighted by atomic mass is 35.5. The molecule has 0 saturated carbocycles. The molecule has 87 heavy (non-hydrogen) atoms. The number of benzene rings is 1. The number of carbonyl (C=O) groups is 3. The summed E-state index contributed by atoms with van der Waals surface area (Å²) in [5.74, 6) is 1.03. The van der Waals surface area contributed by atoms with Gasteiger partial charge in [0.1, 0.15) is 47.1 Å². The number of pyridine rings is 3. The number of amides is 3. The average Bonchev–Trinajstić information content (AvgIpc) is 1.99. The van der Waals surface area contributed by atoms with Gasteiger partial charge in [0.25, 0.3) is 0 Å². The molecule has 3 fully saturated rings. The maximum atomic E-state index is 12.8. The zero-order valence-electron chi connectivity index (χ0n) is 46.9. The largest absolute Gasteiger partial charge is 0.417 e. The van der Waals surface area contributed by atoms with E-state index >= 15 is 0 Å². The van der Waals surface area contributed by atoms with Gasteiger partial charge in [0.2, 0.25) is 22.9 Å². The molecule has 0 spiro atoms. The summed E-state index contributed by atoms with van der Waals surface area (Å²) in [5.41, 5.74) is -2.53. The molecular weight excluding hydrogens is 1210 g/mol. The molecule has 466 valence electrons. The molecule has 3 aliphatic rings. The molecule has 3 saturated heterocycles. The van der Waals surface area contributed by atoms with Gasteiger partial charge in [0, 0.05) is 97.5 Å². The number of nitrogens with one attached hydrogen (secondary N) is 3. The van der Waals surface area contributed by atoms with Crippen LogP contribution in [0.5, 0.6) is 0 Å². The van der Waals surface area contributed by atoms with Gasteiger partial charge >= 0.3 is 18.5 Å². The maximum Gasteiger partial charge on any atom is 0.417 e. The van der Waals surface area contributed by atoms with Gasteiger partial charge in [-0.15, -0.1) is 0 Å². The predicted molar refractivity (Wildman–Crippen MR) is 300 cm³/mol. The van der Waals surface area contributed by atoms with Crippen molar-refractivity contribution in [1.29, 1.82) is 0 Å². The number of β-amino-alcohol motifs (C(OH)–C–C–N with tert-alkyl or cyclic N) is 3. The summed E-state index contributed by atoms with van der Waals surface area (Å²) in [5, 5.41) is 45.6. The van der Waals surface area contributed by atoms with Crippen molar-refractivity contribution in [3.05, 3.63) is 125 Å². The Labute approximate surface area is 499 Å². The Morgan fingerprint density at radius 1 is 0.563 bits per heavy atom. The summed E-state index contributed by atoms with van der Waals surface area (Å²) in [6.07, 6.45) is -13.7.